The molecule has 0 bridgehead atoms. The Bertz CT molecular complexity index is 541. The first kappa shape index (κ1) is 19.4. The second kappa shape index (κ2) is 10.2. The Kier molecular flexibility index (Phi) is 7.92. The summed E-state index contributed by atoms with van der Waals surface area (Å²) in [5.41, 5.74) is 0.966. The van der Waals surface area contributed by atoms with Crippen molar-refractivity contribution in [1.82, 2.24) is 10.2 Å². The summed E-state index contributed by atoms with van der Waals surface area (Å²) in [6.45, 7) is 5.72. The van der Waals surface area contributed by atoms with Gasteiger partial charge in [-0.25, -0.2) is 0 Å². The molecule has 1 N–H and O–H groups in total. The first-order chi connectivity index (χ1) is 12.2. The van der Waals surface area contributed by atoms with E-state index in [2.05, 4.69) is 5.32 Å². The zero-order valence-electron chi connectivity index (χ0n) is 15.5. The largest absolute Gasteiger partial charge is 0.355 e. The number of hydrogen-bond donors (Lipinski definition) is 1. The number of carbonyl (C=O) groups excluding carboxylic acids is 2. The Labute approximate surface area is 151 Å². The topological polar surface area (TPSA) is 52.7 Å². The molecular weight excluding hydrogens is 314 g/mol. The maximum Gasteiger partial charge on any atom is 0.241 e. The third-order valence-electron chi connectivity index (χ3n) is 4.79. The van der Waals surface area contributed by atoms with E-state index in [1.54, 1.807) is 0 Å². The van der Waals surface area contributed by atoms with Crippen molar-refractivity contribution < 1.29 is 9.59 Å². The second-order valence-corrected chi connectivity index (χ2v) is 6.65. The average Bonchev–Trinajstić information content (AvgIpc) is 2.63. The van der Waals surface area contributed by atoms with Gasteiger partial charge in [-0.15, -0.1) is 0 Å². The number of amides is 2. The molecule has 0 aliphatic heterocycles. The van der Waals surface area contributed by atoms with Crippen LogP contribution in [-0.4, -0.2) is 48.9 Å². The van der Waals surface area contributed by atoms with Crippen LogP contribution < -0.4 is 10.2 Å². The second-order valence-electron chi connectivity index (χ2n) is 6.65. The van der Waals surface area contributed by atoms with Gasteiger partial charge in [0.15, 0.2) is 0 Å². The quantitative estimate of drug-likeness (QED) is 0.788. The molecule has 5 nitrogen and oxygen atoms in total. The number of likely N-dealkylation sites (N-methyl/N-ethyl adjacent to an activating group) is 2. The van der Waals surface area contributed by atoms with Gasteiger partial charge >= 0.3 is 0 Å². The molecule has 2 rings (SSSR count). The van der Waals surface area contributed by atoms with Crippen molar-refractivity contribution in [3.05, 3.63) is 30.3 Å². The van der Waals surface area contributed by atoms with E-state index in [1.165, 1.54) is 19.3 Å². The van der Waals surface area contributed by atoms with Crippen molar-refractivity contribution in [2.45, 2.75) is 52.0 Å². The van der Waals surface area contributed by atoms with Crippen LogP contribution in [-0.2, 0) is 9.59 Å². The molecule has 1 saturated carbocycles. The van der Waals surface area contributed by atoms with E-state index in [4.69, 9.17) is 0 Å². The number of hydrogen-bond acceptors (Lipinski definition) is 3. The van der Waals surface area contributed by atoms with Gasteiger partial charge in [-0.2, -0.15) is 0 Å². The lowest BCUT2D eigenvalue weighted by Crippen LogP contribution is -2.48. The molecule has 1 aliphatic rings. The van der Waals surface area contributed by atoms with Crippen molar-refractivity contribution in [2.75, 3.05) is 31.1 Å². The molecule has 1 aromatic carbocycles. The normalized spacial score (nSPS) is 15.2. The van der Waals surface area contributed by atoms with Gasteiger partial charge in [0.05, 0.1) is 13.1 Å². The minimum absolute atomic E-state index is 0.0268. The highest BCUT2D eigenvalue weighted by Gasteiger charge is 2.28. The van der Waals surface area contributed by atoms with E-state index < -0.39 is 0 Å². The molecule has 0 atom stereocenters. The lowest BCUT2D eigenvalue weighted by atomic mass is 9.93. The van der Waals surface area contributed by atoms with Crippen LogP contribution in [0.1, 0.15) is 46.0 Å². The molecule has 1 aromatic rings. The summed E-state index contributed by atoms with van der Waals surface area (Å²) in [6.07, 6.45) is 5.73. The summed E-state index contributed by atoms with van der Waals surface area (Å²) in [5, 5.41) is 2.80. The van der Waals surface area contributed by atoms with E-state index in [1.807, 2.05) is 54.0 Å². The first-order valence-electron chi connectivity index (χ1n) is 9.51. The lowest BCUT2D eigenvalue weighted by molar-refractivity contribution is -0.124. The SMILES string of the molecule is CCNC(=O)CN(CC)CC(=O)N(c1ccccc1)C1CCCCC1. The molecule has 0 radical (unpaired) electrons. The number of benzene rings is 1. The molecule has 0 heterocycles. The van der Waals surface area contributed by atoms with Crippen molar-refractivity contribution in [3.8, 4) is 0 Å². The number of carbonyl (C=O) groups is 2. The number of rotatable bonds is 8. The number of anilines is 1. The Balaban J connectivity index is 2.10. The minimum atomic E-state index is -0.0268. The molecule has 0 unspecified atom stereocenters. The van der Waals surface area contributed by atoms with Crippen LogP contribution >= 0.6 is 0 Å². The molecule has 0 aromatic heterocycles. The molecule has 1 aliphatic carbocycles. The van der Waals surface area contributed by atoms with Crippen LogP contribution in [0.15, 0.2) is 30.3 Å². The predicted octanol–water partition coefficient (Wildman–Crippen LogP) is 2.81. The lowest BCUT2D eigenvalue weighted by Gasteiger charge is -2.35. The van der Waals surface area contributed by atoms with Gasteiger partial charge in [0.25, 0.3) is 0 Å². The first-order valence-corrected chi connectivity index (χ1v) is 9.51. The molecule has 138 valence electrons. The summed E-state index contributed by atoms with van der Waals surface area (Å²) in [4.78, 5) is 28.8. The Morgan fingerprint density at radius 2 is 1.72 bits per heavy atom. The average molecular weight is 345 g/mol. The van der Waals surface area contributed by atoms with E-state index in [0.29, 0.717) is 13.1 Å². The van der Waals surface area contributed by atoms with Crippen LogP contribution in [0.5, 0.6) is 0 Å². The zero-order chi connectivity index (χ0) is 18.1. The molecule has 1 fully saturated rings. The maximum absolute atomic E-state index is 13.1. The highest BCUT2D eigenvalue weighted by molar-refractivity contribution is 5.95. The van der Waals surface area contributed by atoms with Gasteiger partial charge in [-0.1, -0.05) is 44.4 Å². The Hall–Kier alpha value is -1.88. The van der Waals surface area contributed by atoms with Gasteiger partial charge in [-0.3, -0.25) is 14.5 Å². The maximum atomic E-state index is 13.1. The molecule has 0 spiro atoms. The molecule has 0 saturated heterocycles. The van der Waals surface area contributed by atoms with Crippen LogP contribution in [0.4, 0.5) is 5.69 Å². The van der Waals surface area contributed by atoms with Gasteiger partial charge in [-0.05, 0) is 38.4 Å². The number of nitrogens with zero attached hydrogens (tertiary/aromatic N) is 2. The highest BCUT2D eigenvalue weighted by Crippen LogP contribution is 2.27. The number of nitrogens with one attached hydrogen (secondary N) is 1. The van der Waals surface area contributed by atoms with Crippen LogP contribution in [0.3, 0.4) is 0 Å². The van der Waals surface area contributed by atoms with Crippen molar-refractivity contribution in [1.29, 1.82) is 0 Å². The van der Waals surface area contributed by atoms with Crippen molar-refractivity contribution in [3.63, 3.8) is 0 Å². The predicted molar refractivity (Wildman–Crippen MR) is 102 cm³/mol. The third-order valence-corrected chi connectivity index (χ3v) is 4.79. The van der Waals surface area contributed by atoms with E-state index >= 15 is 0 Å². The van der Waals surface area contributed by atoms with Gasteiger partial charge < -0.3 is 10.2 Å². The summed E-state index contributed by atoms with van der Waals surface area (Å²) in [5.74, 6) is 0.0605. The highest BCUT2D eigenvalue weighted by atomic mass is 16.2. The zero-order valence-corrected chi connectivity index (χ0v) is 15.5. The smallest absolute Gasteiger partial charge is 0.241 e. The third kappa shape index (κ3) is 5.85. The van der Waals surface area contributed by atoms with Crippen molar-refractivity contribution >= 4 is 17.5 Å². The Morgan fingerprint density at radius 1 is 1.04 bits per heavy atom. The molecule has 5 heteroatoms. The van der Waals surface area contributed by atoms with Crippen LogP contribution in [0.25, 0.3) is 0 Å². The minimum Gasteiger partial charge on any atom is -0.355 e. The fraction of sp³-hybridized carbons (Fsp3) is 0.600. The monoisotopic (exact) mass is 345 g/mol. The van der Waals surface area contributed by atoms with E-state index in [9.17, 15) is 9.59 Å². The van der Waals surface area contributed by atoms with Gasteiger partial charge in [0.1, 0.15) is 0 Å². The molecule has 2 amide bonds. The fourth-order valence-corrected chi connectivity index (χ4v) is 3.49. The van der Waals surface area contributed by atoms with Gasteiger partial charge in [0.2, 0.25) is 11.8 Å². The standard InChI is InChI=1S/C20H31N3O2/c1-3-21-19(24)15-22(4-2)16-20(25)23(17-11-7-5-8-12-17)18-13-9-6-10-14-18/h5,7-8,11-12,18H,3-4,6,9-10,13-16H2,1-2H3,(H,21,24). The molecular formula is C20H31N3O2. The summed E-state index contributed by atoms with van der Waals surface area (Å²) in [7, 11) is 0. The summed E-state index contributed by atoms with van der Waals surface area (Å²) >= 11 is 0. The fourth-order valence-electron chi connectivity index (χ4n) is 3.49. The molecule has 25 heavy (non-hydrogen) atoms. The van der Waals surface area contributed by atoms with Crippen LogP contribution in [0, 0.1) is 0 Å². The van der Waals surface area contributed by atoms with E-state index in [0.717, 1.165) is 18.5 Å². The van der Waals surface area contributed by atoms with E-state index in [-0.39, 0.29) is 30.9 Å². The van der Waals surface area contributed by atoms with Crippen molar-refractivity contribution in [2.24, 2.45) is 0 Å². The summed E-state index contributed by atoms with van der Waals surface area (Å²) in [6, 6.07) is 10.2. The van der Waals surface area contributed by atoms with Gasteiger partial charge in [0, 0.05) is 18.3 Å². The Morgan fingerprint density at radius 3 is 2.32 bits per heavy atom. The summed E-state index contributed by atoms with van der Waals surface area (Å²) < 4.78 is 0. The number of para-hydroxylation sites is 1. The van der Waals surface area contributed by atoms with Crippen LogP contribution in [0.2, 0.25) is 0 Å².